The predicted molar refractivity (Wildman–Crippen MR) is 234 cm³/mol. The van der Waals surface area contributed by atoms with E-state index in [2.05, 4.69) is 88.6 Å². The lowest BCUT2D eigenvalue weighted by atomic mass is 9.48. The van der Waals surface area contributed by atoms with Crippen LogP contribution >= 0.6 is 0 Å². The number of nitrogens with zero attached hydrogens (tertiary/aromatic N) is 5. The van der Waals surface area contributed by atoms with E-state index in [1.54, 1.807) is 0 Å². The van der Waals surface area contributed by atoms with E-state index in [-0.39, 0.29) is 0 Å². The number of rotatable bonds is 6. The fourth-order valence-corrected chi connectivity index (χ4v) is 11.1. The van der Waals surface area contributed by atoms with Crippen molar-refractivity contribution in [1.29, 1.82) is 0 Å². The molecule has 4 bridgehead atoms. The summed E-state index contributed by atoms with van der Waals surface area (Å²) in [5.74, 6) is 4.36. The minimum Gasteiger partial charge on any atom is -0.238 e. The molecule has 4 fully saturated rings. The van der Waals surface area contributed by atoms with Crippen LogP contribution in [0.2, 0.25) is 0 Å². The minimum atomic E-state index is 0.330. The van der Waals surface area contributed by atoms with Crippen LogP contribution in [0, 0.1) is 30.9 Å². The topological polar surface area (TPSA) is 47.4 Å². The lowest BCUT2D eigenvalue weighted by molar-refractivity contribution is -0.00518. The van der Waals surface area contributed by atoms with Gasteiger partial charge in [-0.15, -0.1) is 0 Å². The molecule has 1 heterocycles. The first-order valence-corrected chi connectivity index (χ1v) is 20.4. The van der Waals surface area contributed by atoms with Crippen molar-refractivity contribution < 1.29 is 0 Å². The van der Waals surface area contributed by atoms with Crippen LogP contribution in [-0.2, 0) is 5.41 Å². The molecule has 0 amide bonds. The maximum absolute atomic E-state index is 7.85. The van der Waals surface area contributed by atoms with Gasteiger partial charge >= 0.3 is 0 Å². The Hall–Kier alpha value is -6.95. The van der Waals surface area contributed by atoms with Crippen LogP contribution in [0.5, 0.6) is 0 Å². The van der Waals surface area contributed by atoms with Crippen LogP contribution in [-0.4, -0.2) is 15.0 Å². The monoisotopic (exact) mass is 745 g/mol. The fourth-order valence-electron chi connectivity index (χ4n) is 11.1. The average molecular weight is 746 g/mol. The number of fused-ring (bicyclic) bond motifs is 2. The van der Waals surface area contributed by atoms with Gasteiger partial charge in [0.1, 0.15) is 0 Å². The number of hydrogen-bond donors (Lipinski definition) is 0. The Balaban J connectivity index is 1.10. The van der Waals surface area contributed by atoms with Crippen LogP contribution in [0.4, 0.5) is 11.4 Å². The van der Waals surface area contributed by atoms with Crippen LogP contribution in [0.3, 0.4) is 0 Å². The molecule has 5 nitrogen and oxygen atoms in total. The van der Waals surface area contributed by atoms with E-state index in [1.807, 2.05) is 66.7 Å². The van der Waals surface area contributed by atoms with Crippen molar-refractivity contribution in [3.8, 4) is 56.4 Å². The molecule has 0 atom stereocenters. The predicted octanol–water partition coefficient (Wildman–Crippen LogP) is 14.1. The molecule has 0 radical (unpaired) electrons. The molecule has 1 aromatic heterocycles. The molecule has 4 saturated carbocycles. The van der Waals surface area contributed by atoms with Crippen molar-refractivity contribution in [3.63, 3.8) is 0 Å². The van der Waals surface area contributed by atoms with Gasteiger partial charge in [0, 0.05) is 16.7 Å². The normalized spacial score (nSPS) is 20.6. The van der Waals surface area contributed by atoms with Crippen LogP contribution in [0.1, 0.15) is 44.1 Å². The zero-order chi connectivity index (χ0) is 38.8. The van der Waals surface area contributed by atoms with Crippen molar-refractivity contribution in [3.05, 3.63) is 174 Å². The van der Waals surface area contributed by atoms with Gasteiger partial charge in [0.2, 0.25) is 0 Å². The molecular weight excluding hydrogens is 707 g/mol. The molecule has 12 rings (SSSR count). The summed E-state index contributed by atoms with van der Waals surface area (Å²) < 4.78 is 0. The average Bonchev–Trinajstić information content (AvgIpc) is 3.27. The maximum Gasteiger partial charge on any atom is 0.194 e. The number of hydrogen-bond acceptors (Lipinski definition) is 3. The molecule has 58 heavy (non-hydrogen) atoms. The molecular formula is C53H39N5. The molecule has 0 aliphatic heterocycles. The van der Waals surface area contributed by atoms with Gasteiger partial charge in [0.25, 0.3) is 0 Å². The standard InChI is InChI=1S/C53H39N5/c1-54-43-12-7-11-38(29-43)40-26-39(36-17-19-42(20-18-36)53-30-33-23-34(31-53)25-35(24-33)32-53)27-41(28-40)50-56-51(47-16-8-10-37-9-3-4-13-44(37)47)58-52(57-50)48-21-22-49(55-2)46-15-6-5-14-45(46)48/h3-22,26-29,33-35H,23-25,30-32H2. The van der Waals surface area contributed by atoms with Gasteiger partial charge in [-0.25, -0.2) is 24.6 Å². The second-order valence-corrected chi connectivity index (χ2v) is 16.9. The third-order valence-electron chi connectivity index (χ3n) is 13.3. The SMILES string of the molecule is [C-]#[N+]c1cccc(-c2cc(-c3ccc(C45CC6CC(CC(C6)C4)C5)cc3)cc(-c3nc(-c4cccc5ccccc45)nc(-c4ccc([N+]#[C-])c5ccccc45)n3)c2)c1. The summed E-state index contributed by atoms with van der Waals surface area (Å²) in [5.41, 5.74) is 9.82. The van der Waals surface area contributed by atoms with Gasteiger partial charge in [-0.3, -0.25) is 0 Å². The van der Waals surface area contributed by atoms with E-state index in [0.29, 0.717) is 34.3 Å². The largest absolute Gasteiger partial charge is 0.238 e. The number of benzene rings is 7. The molecule has 5 heteroatoms. The zero-order valence-corrected chi connectivity index (χ0v) is 32.1. The van der Waals surface area contributed by atoms with Gasteiger partial charge in [0.15, 0.2) is 28.8 Å². The summed E-state index contributed by atoms with van der Waals surface area (Å²) in [6, 6.07) is 50.2. The van der Waals surface area contributed by atoms with E-state index in [1.165, 1.54) is 44.1 Å². The maximum atomic E-state index is 7.85. The first-order valence-electron chi connectivity index (χ1n) is 20.4. The Morgan fingerprint density at radius 1 is 0.448 bits per heavy atom. The van der Waals surface area contributed by atoms with Crippen molar-refractivity contribution in [1.82, 2.24) is 15.0 Å². The summed E-state index contributed by atoms with van der Waals surface area (Å²) in [5, 5.41) is 3.95. The second-order valence-electron chi connectivity index (χ2n) is 16.9. The highest BCUT2D eigenvalue weighted by molar-refractivity contribution is 6.03. The summed E-state index contributed by atoms with van der Waals surface area (Å²) >= 11 is 0. The van der Waals surface area contributed by atoms with Crippen molar-refractivity contribution in [2.45, 2.75) is 43.9 Å². The zero-order valence-electron chi connectivity index (χ0n) is 32.1. The molecule has 0 N–H and O–H groups in total. The Kier molecular flexibility index (Phi) is 8.05. The van der Waals surface area contributed by atoms with E-state index >= 15 is 0 Å². The molecule has 8 aromatic rings. The summed E-state index contributed by atoms with van der Waals surface area (Å²) in [7, 11) is 0. The summed E-state index contributed by atoms with van der Waals surface area (Å²) in [4.78, 5) is 23.3. The fraction of sp³-hybridized carbons (Fsp3) is 0.189. The quantitative estimate of drug-likeness (QED) is 0.159. The van der Waals surface area contributed by atoms with E-state index in [0.717, 1.165) is 78.2 Å². The molecule has 276 valence electrons. The molecule has 0 unspecified atom stereocenters. The first kappa shape index (κ1) is 34.3. The first-order chi connectivity index (χ1) is 28.5. The van der Waals surface area contributed by atoms with E-state index in [4.69, 9.17) is 28.1 Å². The van der Waals surface area contributed by atoms with Gasteiger partial charge < -0.3 is 0 Å². The van der Waals surface area contributed by atoms with Crippen LogP contribution < -0.4 is 0 Å². The molecule has 4 aliphatic carbocycles. The summed E-state index contributed by atoms with van der Waals surface area (Å²) in [6.07, 6.45) is 8.32. The van der Waals surface area contributed by atoms with Crippen molar-refractivity contribution in [2.75, 3.05) is 0 Å². The van der Waals surface area contributed by atoms with E-state index < -0.39 is 0 Å². The molecule has 0 saturated heterocycles. The Morgan fingerprint density at radius 2 is 1.03 bits per heavy atom. The van der Waals surface area contributed by atoms with Gasteiger partial charge in [0.05, 0.1) is 13.1 Å². The Labute approximate surface area is 338 Å². The summed E-state index contributed by atoms with van der Waals surface area (Å²) in [6.45, 7) is 15.6. The Morgan fingerprint density at radius 3 is 1.74 bits per heavy atom. The Bertz CT molecular complexity index is 2980. The third kappa shape index (κ3) is 5.86. The van der Waals surface area contributed by atoms with Crippen molar-refractivity contribution in [2.24, 2.45) is 17.8 Å². The lowest BCUT2D eigenvalue weighted by Crippen LogP contribution is -2.48. The molecule has 4 aliphatic rings. The highest BCUT2D eigenvalue weighted by atomic mass is 15.0. The third-order valence-corrected chi connectivity index (χ3v) is 13.3. The van der Waals surface area contributed by atoms with Crippen LogP contribution in [0.25, 0.3) is 87.7 Å². The second kappa shape index (κ2) is 13.6. The van der Waals surface area contributed by atoms with Gasteiger partial charge in [-0.05, 0) is 135 Å². The van der Waals surface area contributed by atoms with Gasteiger partial charge in [-0.1, -0.05) is 121 Å². The lowest BCUT2D eigenvalue weighted by Gasteiger charge is -2.57. The highest BCUT2D eigenvalue weighted by Crippen LogP contribution is 2.60. The van der Waals surface area contributed by atoms with Gasteiger partial charge in [-0.2, -0.15) is 0 Å². The molecule has 7 aromatic carbocycles. The smallest absolute Gasteiger partial charge is 0.194 e. The molecule has 0 spiro atoms. The number of aromatic nitrogens is 3. The minimum absolute atomic E-state index is 0.330. The van der Waals surface area contributed by atoms with E-state index in [9.17, 15) is 0 Å². The van der Waals surface area contributed by atoms with Crippen LogP contribution in [0.15, 0.2) is 146 Å². The highest BCUT2D eigenvalue weighted by Gasteiger charge is 2.51. The van der Waals surface area contributed by atoms with Crippen molar-refractivity contribution >= 4 is 32.9 Å².